The van der Waals surface area contributed by atoms with Crippen LogP contribution in [-0.4, -0.2) is 15.3 Å². The topological polar surface area (TPSA) is 71.9 Å². The maximum absolute atomic E-state index is 13.5. The molecule has 2 aromatic carbocycles. The minimum absolute atomic E-state index is 0.0262. The number of rotatable bonds is 7. The van der Waals surface area contributed by atoms with E-state index in [2.05, 4.69) is 4.98 Å². The molecule has 0 aliphatic carbocycles. The number of hydrogen-bond donors (Lipinski definition) is 1. The van der Waals surface area contributed by atoms with E-state index >= 15 is 0 Å². The van der Waals surface area contributed by atoms with Gasteiger partial charge in [0.15, 0.2) is 17.4 Å². The van der Waals surface area contributed by atoms with Crippen molar-refractivity contribution in [2.75, 3.05) is 0 Å². The molecule has 2 heterocycles. The lowest BCUT2D eigenvalue weighted by Crippen LogP contribution is -2.26. The smallest absolute Gasteiger partial charge is 0.261 e. The lowest BCUT2D eigenvalue weighted by molar-refractivity contribution is 0.0981. The number of halogens is 2. The fourth-order valence-electron chi connectivity index (χ4n) is 3.60. The Morgan fingerprint density at radius 3 is 2.45 bits per heavy atom. The third-order valence-corrected chi connectivity index (χ3v) is 5.34. The van der Waals surface area contributed by atoms with E-state index in [1.54, 1.807) is 18.3 Å². The second-order valence-corrected chi connectivity index (χ2v) is 7.67. The first kappa shape index (κ1) is 22.1. The number of carbonyl (C=O) groups excluding carboxylic acids is 1. The monoisotopic (exact) mass is 446 g/mol. The number of benzene rings is 2. The van der Waals surface area contributed by atoms with Crippen molar-refractivity contribution in [3.05, 3.63) is 128 Å². The molecule has 0 spiro atoms. The Balaban J connectivity index is 1.48. The second kappa shape index (κ2) is 9.56. The first-order chi connectivity index (χ1) is 15.9. The summed E-state index contributed by atoms with van der Waals surface area (Å²) in [4.78, 5) is 39.5. The summed E-state index contributed by atoms with van der Waals surface area (Å²) in [6, 6.07) is 17.3. The molecule has 5 nitrogen and oxygen atoms in total. The van der Waals surface area contributed by atoms with Gasteiger partial charge in [-0.3, -0.25) is 14.4 Å². The van der Waals surface area contributed by atoms with Crippen molar-refractivity contribution in [3.8, 4) is 11.1 Å². The molecule has 0 amide bonds. The van der Waals surface area contributed by atoms with Gasteiger partial charge in [0.25, 0.3) is 5.56 Å². The van der Waals surface area contributed by atoms with Crippen molar-refractivity contribution in [1.29, 1.82) is 0 Å². The van der Waals surface area contributed by atoms with Gasteiger partial charge in [0.1, 0.15) is 0 Å². The highest BCUT2D eigenvalue weighted by molar-refractivity contribution is 5.95. The molecule has 0 saturated heterocycles. The number of nitrogens with zero attached hydrogens (tertiary/aromatic N) is 1. The molecule has 33 heavy (non-hydrogen) atoms. The highest BCUT2D eigenvalue weighted by Crippen LogP contribution is 2.19. The van der Waals surface area contributed by atoms with E-state index in [9.17, 15) is 23.2 Å². The molecule has 0 fully saturated rings. The zero-order valence-electron chi connectivity index (χ0n) is 17.6. The van der Waals surface area contributed by atoms with Gasteiger partial charge in [0, 0.05) is 24.9 Å². The van der Waals surface area contributed by atoms with Gasteiger partial charge in [-0.05, 0) is 59.0 Å². The van der Waals surface area contributed by atoms with Gasteiger partial charge >= 0.3 is 0 Å². The Bertz CT molecular complexity index is 1420. The third kappa shape index (κ3) is 5.20. The van der Waals surface area contributed by atoms with E-state index in [1.807, 2.05) is 24.3 Å². The molecule has 4 aromatic rings. The Morgan fingerprint density at radius 2 is 1.70 bits per heavy atom. The van der Waals surface area contributed by atoms with Gasteiger partial charge in [0.05, 0.1) is 12.1 Å². The number of H-pyrrole nitrogens is 1. The molecule has 0 radical (unpaired) electrons. The Morgan fingerprint density at radius 1 is 0.848 bits per heavy atom. The number of carbonyl (C=O) groups is 1. The normalized spacial score (nSPS) is 10.8. The first-order valence-corrected chi connectivity index (χ1v) is 10.4. The lowest BCUT2D eigenvalue weighted by atomic mass is 10.00. The van der Waals surface area contributed by atoms with Crippen molar-refractivity contribution in [1.82, 2.24) is 9.55 Å². The van der Waals surface area contributed by atoms with Gasteiger partial charge in [-0.15, -0.1) is 0 Å². The third-order valence-electron chi connectivity index (χ3n) is 5.34. The zero-order chi connectivity index (χ0) is 23.4. The van der Waals surface area contributed by atoms with Crippen LogP contribution in [0.15, 0.2) is 88.7 Å². The van der Waals surface area contributed by atoms with Crippen molar-refractivity contribution in [3.63, 3.8) is 0 Å². The first-order valence-electron chi connectivity index (χ1n) is 10.4. The van der Waals surface area contributed by atoms with E-state index in [-0.39, 0.29) is 29.9 Å². The SMILES string of the molecule is O=C(CCc1cccc(-c2ccc(=O)[nH]c2)c1)c1cccn(Cc2ccc(F)c(F)c2)c1=O. The maximum atomic E-state index is 13.5. The minimum atomic E-state index is -0.989. The quantitative estimate of drug-likeness (QED) is 0.429. The van der Waals surface area contributed by atoms with Crippen LogP contribution in [0.3, 0.4) is 0 Å². The van der Waals surface area contributed by atoms with Gasteiger partial charge in [-0.25, -0.2) is 8.78 Å². The Hall–Kier alpha value is -4.13. The van der Waals surface area contributed by atoms with Crippen LogP contribution in [0, 0.1) is 11.6 Å². The molecule has 1 N–H and O–H groups in total. The summed E-state index contributed by atoms with van der Waals surface area (Å²) < 4.78 is 27.9. The molecule has 7 heteroatoms. The number of pyridine rings is 2. The predicted octanol–water partition coefficient (Wildman–Crippen LogP) is 4.35. The van der Waals surface area contributed by atoms with Crippen LogP contribution in [0.25, 0.3) is 11.1 Å². The summed E-state index contributed by atoms with van der Waals surface area (Å²) in [6.45, 7) is 0.0262. The zero-order valence-corrected chi connectivity index (χ0v) is 17.6. The van der Waals surface area contributed by atoms with Crippen LogP contribution in [0.1, 0.15) is 27.9 Å². The average molecular weight is 446 g/mol. The molecule has 166 valence electrons. The summed E-state index contributed by atoms with van der Waals surface area (Å²) in [7, 11) is 0. The van der Waals surface area contributed by atoms with Gasteiger partial charge in [0.2, 0.25) is 5.56 Å². The summed E-state index contributed by atoms with van der Waals surface area (Å²) in [6.07, 6.45) is 3.72. The molecule has 0 aliphatic rings. The molecule has 4 rings (SSSR count). The Kier molecular flexibility index (Phi) is 6.40. The van der Waals surface area contributed by atoms with E-state index in [4.69, 9.17) is 0 Å². The molecule has 0 unspecified atom stereocenters. The average Bonchev–Trinajstić information content (AvgIpc) is 2.82. The number of hydrogen-bond acceptors (Lipinski definition) is 3. The number of Topliss-reactive ketones (excluding diaryl/α,β-unsaturated/α-hetero) is 1. The van der Waals surface area contributed by atoms with Gasteiger partial charge < -0.3 is 9.55 Å². The van der Waals surface area contributed by atoms with Crippen molar-refractivity contribution >= 4 is 5.78 Å². The van der Waals surface area contributed by atoms with Gasteiger partial charge in [-0.1, -0.05) is 30.3 Å². The van der Waals surface area contributed by atoms with E-state index in [0.29, 0.717) is 12.0 Å². The number of ketones is 1. The standard InChI is InChI=1S/C26H20F2N2O3/c27-22-9-6-18(14-23(22)28)16-30-12-2-5-21(26(30)33)24(31)10-7-17-3-1-4-19(13-17)20-8-11-25(32)29-15-20/h1-6,8-9,11-15H,7,10,16H2,(H,29,32). The van der Waals surface area contributed by atoms with Crippen molar-refractivity contribution in [2.24, 2.45) is 0 Å². The second-order valence-electron chi connectivity index (χ2n) is 7.67. The van der Waals surface area contributed by atoms with Crippen LogP contribution in [-0.2, 0) is 13.0 Å². The van der Waals surface area contributed by atoms with Crippen LogP contribution in [0.4, 0.5) is 8.78 Å². The number of nitrogens with one attached hydrogen (secondary N) is 1. The summed E-state index contributed by atoms with van der Waals surface area (Å²) in [5, 5.41) is 0. The molecule has 2 aromatic heterocycles. The highest BCUT2D eigenvalue weighted by Gasteiger charge is 2.13. The molecule has 0 atom stereocenters. The molecular weight excluding hydrogens is 426 g/mol. The molecule has 0 aliphatic heterocycles. The summed E-state index contributed by atoms with van der Waals surface area (Å²) in [5.74, 6) is -2.24. The van der Waals surface area contributed by atoms with Crippen LogP contribution < -0.4 is 11.1 Å². The summed E-state index contributed by atoms with van der Waals surface area (Å²) in [5.41, 5.74) is 2.49. The molecule has 0 saturated carbocycles. The van der Waals surface area contributed by atoms with Gasteiger partial charge in [-0.2, -0.15) is 0 Å². The fraction of sp³-hybridized carbons (Fsp3) is 0.115. The van der Waals surface area contributed by atoms with E-state index in [1.165, 1.54) is 29.0 Å². The van der Waals surface area contributed by atoms with Crippen LogP contribution in [0.2, 0.25) is 0 Å². The fourth-order valence-corrected chi connectivity index (χ4v) is 3.60. The molecule has 0 bridgehead atoms. The predicted molar refractivity (Wildman–Crippen MR) is 121 cm³/mol. The lowest BCUT2D eigenvalue weighted by Gasteiger charge is -2.09. The number of aromatic nitrogens is 2. The Labute approximate surface area is 188 Å². The number of aromatic amines is 1. The maximum Gasteiger partial charge on any atom is 0.261 e. The summed E-state index contributed by atoms with van der Waals surface area (Å²) >= 11 is 0. The molecular formula is C26H20F2N2O3. The largest absolute Gasteiger partial charge is 0.328 e. The van der Waals surface area contributed by atoms with Crippen molar-refractivity contribution in [2.45, 2.75) is 19.4 Å². The minimum Gasteiger partial charge on any atom is -0.328 e. The van der Waals surface area contributed by atoms with Crippen LogP contribution in [0.5, 0.6) is 0 Å². The van der Waals surface area contributed by atoms with Crippen molar-refractivity contribution < 1.29 is 13.6 Å². The highest BCUT2D eigenvalue weighted by atomic mass is 19.2. The van der Waals surface area contributed by atoms with E-state index < -0.39 is 17.2 Å². The number of aryl methyl sites for hydroxylation is 1. The van der Waals surface area contributed by atoms with E-state index in [0.717, 1.165) is 28.8 Å². The van der Waals surface area contributed by atoms with Crippen LogP contribution >= 0.6 is 0 Å².